The fourth-order valence-corrected chi connectivity index (χ4v) is 0.925. The summed E-state index contributed by atoms with van der Waals surface area (Å²) in [5.41, 5.74) is -1.97. The average Bonchev–Trinajstić information content (AvgIpc) is 1.83. The van der Waals surface area contributed by atoms with Gasteiger partial charge in [0.25, 0.3) is 0 Å². The van der Waals surface area contributed by atoms with Crippen LogP contribution in [0.25, 0.3) is 0 Å². The Morgan fingerprint density at radius 1 is 1.23 bits per heavy atom. The molecule has 0 aromatic carbocycles. The summed E-state index contributed by atoms with van der Waals surface area (Å²) in [5.74, 6) is -1.29. The van der Waals surface area contributed by atoms with Crippen LogP contribution in [0.4, 0.5) is 0 Å². The summed E-state index contributed by atoms with van der Waals surface area (Å²) in [6, 6.07) is 0. The van der Waals surface area contributed by atoms with Crippen molar-refractivity contribution < 1.29 is 44.7 Å². The van der Waals surface area contributed by atoms with Gasteiger partial charge >= 0.3 is 29.6 Å². The molecule has 0 radical (unpaired) electrons. The zero-order valence-electron chi connectivity index (χ0n) is 9.21. The second-order valence-electron chi connectivity index (χ2n) is 4.33. The summed E-state index contributed by atoms with van der Waals surface area (Å²) in [7, 11) is 0. The third kappa shape index (κ3) is 3.95. The second-order valence-corrected chi connectivity index (χ2v) is 4.33. The molecule has 0 aliphatic rings. The number of aliphatic carboxylic acids is 1. The van der Waals surface area contributed by atoms with Gasteiger partial charge in [-0.25, -0.2) is 0 Å². The summed E-state index contributed by atoms with van der Waals surface area (Å²) >= 11 is 0. The maximum Gasteiger partial charge on any atom is 1.00 e. The minimum absolute atomic E-state index is 0. The van der Waals surface area contributed by atoms with Gasteiger partial charge in [-0.1, -0.05) is 0 Å². The molecule has 4 nitrogen and oxygen atoms in total. The van der Waals surface area contributed by atoms with Gasteiger partial charge in [-0.3, -0.25) is 0 Å². The quantitative estimate of drug-likeness (QED) is 0.379. The fourth-order valence-electron chi connectivity index (χ4n) is 0.925. The van der Waals surface area contributed by atoms with Gasteiger partial charge in [0.1, 0.15) is 0 Å². The number of hydrogen-bond donors (Lipinski definition) is 1. The van der Waals surface area contributed by atoms with Crippen molar-refractivity contribution in [1.29, 1.82) is 0 Å². The Morgan fingerprint density at radius 3 is 1.62 bits per heavy atom. The predicted molar refractivity (Wildman–Crippen MR) is 42.5 cm³/mol. The van der Waals surface area contributed by atoms with Crippen molar-refractivity contribution in [3.05, 3.63) is 0 Å². The van der Waals surface area contributed by atoms with E-state index in [2.05, 4.69) is 0 Å². The zero-order valence-corrected chi connectivity index (χ0v) is 11.2. The first-order valence-corrected chi connectivity index (χ1v) is 3.81. The van der Waals surface area contributed by atoms with Crippen molar-refractivity contribution in [3.8, 4) is 0 Å². The predicted octanol–water partition coefficient (Wildman–Crippen LogP) is -2.99. The molecule has 0 aromatic heterocycles. The number of carbonyl (C=O) groups excluding carboxylic acids is 1. The maximum absolute atomic E-state index is 10.6. The monoisotopic (exact) mass is 197 g/mol. The molecular formula is C8H16NNaO3. The molecular weight excluding hydrogens is 181 g/mol. The van der Waals surface area contributed by atoms with E-state index in [-0.39, 0.29) is 29.6 Å². The number of hydrogen-bond acceptors (Lipinski definition) is 4. The van der Waals surface area contributed by atoms with Crippen LogP contribution in [-0.4, -0.2) is 27.3 Å². The molecule has 0 spiro atoms. The molecule has 0 aromatic rings. The third-order valence-corrected chi connectivity index (χ3v) is 1.66. The Bertz CT molecular complexity index is 186. The first-order valence-electron chi connectivity index (χ1n) is 3.81. The van der Waals surface area contributed by atoms with E-state index in [0.717, 1.165) is 5.06 Å². The van der Waals surface area contributed by atoms with E-state index in [1.165, 1.54) is 13.8 Å². The molecule has 0 amide bonds. The smallest absolute Gasteiger partial charge is 0.548 e. The van der Waals surface area contributed by atoms with Crippen molar-refractivity contribution in [2.45, 2.75) is 45.7 Å². The normalized spacial score (nSPS) is 12.5. The molecule has 13 heavy (non-hydrogen) atoms. The summed E-state index contributed by atoms with van der Waals surface area (Å²) in [6.07, 6.45) is 0. The third-order valence-electron chi connectivity index (χ3n) is 1.66. The molecule has 5 heteroatoms. The molecule has 0 saturated carbocycles. The van der Waals surface area contributed by atoms with Gasteiger partial charge in [-0.05, 0) is 34.6 Å². The molecule has 0 atom stereocenters. The Morgan fingerprint density at radius 2 is 1.54 bits per heavy atom. The Balaban J connectivity index is 0. The SMILES string of the molecule is CC(C)(C)N(O)C(C)(C)C(=O)[O-].[Na+]. The van der Waals surface area contributed by atoms with Gasteiger partial charge < -0.3 is 15.1 Å². The van der Waals surface area contributed by atoms with E-state index in [9.17, 15) is 15.1 Å². The molecule has 0 aliphatic carbocycles. The minimum atomic E-state index is -1.36. The van der Waals surface area contributed by atoms with Crippen LogP contribution in [0.3, 0.4) is 0 Å². The van der Waals surface area contributed by atoms with Crippen LogP contribution >= 0.6 is 0 Å². The van der Waals surface area contributed by atoms with Gasteiger partial charge in [-0.15, -0.1) is 0 Å². The van der Waals surface area contributed by atoms with Crippen molar-refractivity contribution in [1.82, 2.24) is 5.06 Å². The van der Waals surface area contributed by atoms with Gasteiger partial charge in [0.15, 0.2) is 0 Å². The van der Waals surface area contributed by atoms with E-state index in [0.29, 0.717) is 0 Å². The Labute approximate surface area is 101 Å². The average molecular weight is 197 g/mol. The van der Waals surface area contributed by atoms with E-state index >= 15 is 0 Å². The molecule has 0 rings (SSSR count). The van der Waals surface area contributed by atoms with Crippen LogP contribution in [-0.2, 0) is 4.79 Å². The van der Waals surface area contributed by atoms with Gasteiger partial charge in [0, 0.05) is 5.54 Å². The zero-order chi connectivity index (χ0) is 10.2. The van der Waals surface area contributed by atoms with Gasteiger partial charge in [-0.2, -0.15) is 5.06 Å². The molecule has 0 heterocycles. The van der Waals surface area contributed by atoms with Crippen molar-refractivity contribution in [2.24, 2.45) is 0 Å². The summed E-state index contributed by atoms with van der Waals surface area (Å²) in [6.45, 7) is 7.95. The summed E-state index contributed by atoms with van der Waals surface area (Å²) < 4.78 is 0. The first-order chi connectivity index (χ1) is 5.10. The van der Waals surface area contributed by atoms with Crippen LogP contribution in [0, 0.1) is 0 Å². The van der Waals surface area contributed by atoms with Gasteiger partial charge in [0.05, 0.1) is 11.5 Å². The van der Waals surface area contributed by atoms with E-state index in [4.69, 9.17) is 0 Å². The second kappa shape index (κ2) is 4.75. The Hall–Kier alpha value is 0.390. The minimum Gasteiger partial charge on any atom is -0.548 e. The maximum atomic E-state index is 10.6. The largest absolute Gasteiger partial charge is 1.00 e. The number of carboxylic acids is 1. The van der Waals surface area contributed by atoms with Crippen LogP contribution in [0.15, 0.2) is 0 Å². The number of carbonyl (C=O) groups is 1. The number of carboxylic acid groups (broad SMARTS) is 1. The van der Waals surface area contributed by atoms with Crippen LogP contribution < -0.4 is 34.7 Å². The molecule has 72 valence electrons. The number of hydroxylamine groups is 2. The molecule has 0 bridgehead atoms. The topological polar surface area (TPSA) is 63.6 Å². The van der Waals surface area contributed by atoms with Crippen LogP contribution in [0.5, 0.6) is 0 Å². The van der Waals surface area contributed by atoms with E-state index in [1.807, 2.05) is 0 Å². The summed E-state index contributed by atoms with van der Waals surface area (Å²) in [5, 5.41) is 20.9. The first kappa shape index (κ1) is 15.8. The molecule has 0 aliphatic heterocycles. The van der Waals surface area contributed by atoms with Crippen molar-refractivity contribution in [2.75, 3.05) is 0 Å². The van der Waals surface area contributed by atoms with Crippen LogP contribution in [0.2, 0.25) is 0 Å². The van der Waals surface area contributed by atoms with E-state index < -0.39 is 17.0 Å². The van der Waals surface area contributed by atoms with Crippen molar-refractivity contribution in [3.63, 3.8) is 0 Å². The number of nitrogens with zero attached hydrogens (tertiary/aromatic N) is 1. The van der Waals surface area contributed by atoms with E-state index in [1.54, 1.807) is 20.8 Å². The van der Waals surface area contributed by atoms with Crippen molar-refractivity contribution >= 4 is 5.97 Å². The summed E-state index contributed by atoms with van der Waals surface area (Å²) in [4.78, 5) is 10.6. The molecule has 1 N–H and O–H groups in total. The molecule has 0 saturated heterocycles. The Kier molecular flexibility index (Phi) is 5.79. The number of rotatable bonds is 2. The molecule has 0 fully saturated rings. The van der Waals surface area contributed by atoms with Crippen LogP contribution in [0.1, 0.15) is 34.6 Å². The standard InChI is InChI=1S/C8H17NO3.Na/c1-7(2,3)9(12)8(4,5)6(10)11;/h12H,1-5H3,(H,10,11);/q;+1/p-1. The fraction of sp³-hybridized carbons (Fsp3) is 0.875. The van der Waals surface area contributed by atoms with Gasteiger partial charge in [0.2, 0.25) is 0 Å². The molecule has 0 unspecified atom stereocenters.